The zero-order valence-electron chi connectivity index (χ0n) is 19.4. The van der Waals surface area contributed by atoms with E-state index < -0.39 is 5.91 Å². The summed E-state index contributed by atoms with van der Waals surface area (Å²) in [6, 6.07) is 7.27. The first kappa shape index (κ1) is 22.6. The van der Waals surface area contributed by atoms with Crippen molar-refractivity contribution < 1.29 is 14.3 Å². The van der Waals surface area contributed by atoms with E-state index in [-0.39, 0.29) is 29.2 Å². The van der Waals surface area contributed by atoms with Crippen molar-refractivity contribution in [3.05, 3.63) is 52.6 Å². The number of nitrogens with zero attached hydrogens (tertiary/aromatic N) is 4. The van der Waals surface area contributed by atoms with Crippen LogP contribution in [-0.4, -0.2) is 51.3 Å². The molecule has 4 rings (SSSR count). The Morgan fingerprint density at radius 2 is 1.94 bits per heavy atom. The standard InChI is InChI=1S/C24H29N5O4/c1-15(30)28(3)17-7-9-18(10-8-17)29-14-16-12-19(22(33-4)13-21(16)26-29)23(31)25-20-6-5-11-27(2)24(20)32/h5-6,11-14,17-18H,7-10H2,1-4H3,(H,25,31). The first-order chi connectivity index (χ1) is 15.8. The highest BCUT2D eigenvalue weighted by Crippen LogP contribution is 2.33. The Morgan fingerprint density at radius 3 is 2.61 bits per heavy atom. The number of nitrogens with one attached hydrogen (secondary N) is 1. The number of amides is 2. The van der Waals surface area contributed by atoms with E-state index in [9.17, 15) is 14.4 Å². The van der Waals surface area contributed by atoms with Gasteiger partial charge >= 0.3 is 0 Å². The SMILES string of the molecule is COc1cc2nn(C3CCC(N(C)C(C)=O)CC3)cc2cc1C(=O)Nc1cccn(C)c1=O. The number of carbonyl (C=O) groups is 2. The normalized spacial score (nSPS) is 18.2. The molecule has 0 unspecified atom stereocenters. The van der Waals surface area contributed by atoms with Gasteiger partial charge in [-0.3, -0.25) is 19.1 Å². The molecule has 0 saturated heterocycles. The Balaban J connectivity index is 1.57. The molecule has 0 aliphatic heterocycles. The van der Waals surface area contributed by atoms with Crippen LogP contribution in [0.25, 0.3) is 10.9 Å². The molecule has 3 aromatic rings. The quantitative estimate of drug-likeness (QED) is 0.643. The van der Waals surface area contributed by atoms with Crippen molar-refractivity contribution in [3.63, 3.8) is 0 Å². The highest BCUT2D eigenvalue weighted by atomic mass is 16.5. The second-order valence-electron chi connectivity index (χ2n) is 8.60. The van der Waals surface area contributed by atoms with Crippen molar-refractivity contribution >= 4 is 28.4 Å². The molecule has 33 heavy (non-hydrogen) atoms. The van der Waals surface area contributed by atoms with Gasteiger partial charge < -0.3 is 19.5 Å². The summed E-state index contributed by atoms with van der Waals surface area (Å²) in [7, 11) is 4.99. The van der Waals surface area contributed by atoms with Crippen LogP contribution in [0.15, 0.2) is 41.5 Å². The smallest absolute Gasteiger partial charge is 0.274 e. The average Bonchev–Trinajstić information content (AvgIpc) is 3.23. The van der Waals surface area contributed by atoms with E-state index in [1.165, 1.54) is 11.7 Å². The number of hydrogen-bond donors (Lipinski definition) is 1. The molecule has 1 N–H and O–H groups in total. The lowest BCUT2D eigenvalue weighted by atomic mass is 9.90. The molecule has 1 aliphatic carbocycles. The number of methoxy groups -OCH3 is 1. The van der Waals surface area contributed by atoms with Gasteiger partial charge in [0, 0.05) is 50.9 Å². The Kier molecular flexibility index (Phi) is 6.22. The van der Waals surface area contributed by atoms with E-state index in [0.717, 1.165) is 36.6 Å². The van der Waals surface area contributed by atoms with E-state index in [0.29, 0.717) is 11.3 Å². The number of anilines is 1. The molecular formula is C24H29N5O4. The summed E-state index contributed by atoms with van der Waals surface area (Å²) in [5.74, 6) is 0.0666. The van der Waals surface area contributed by atoms with Crippen molar-refractivity contribution in [3.8, 4) is 5.75 Å². The summed E-state index contributed by atoms with van der Waals surface area (Å²) in [6.45, 7) is 1.60. The number of benzene rings is 1. The molecule has 9 heteroatoms. The first-order valence-corrected chi connectivity index (χ1v) is 11.1. The second-order valence-corrected chi connectivity index (χ2v) is 8.60. The third-order valence-electron chi connectivity index (χ3n) is 6.54. The minimum atomic E-state index is -0.419. The minimum absolute atomic E-state index is 0.0922. The van der Waals surface area contributed by atoms with Gasteiger partial charge in [-0.25, -0.2) is 0 Å². The lowest BCUT2D eigenvalue weighted by Gasteiger charge is -2.34. The van der Waals surface area contributed by atoms with Crippen molar-refractivity contribution in [1.82, 2.24) is 19.2 Å². The topological polar surface area (TPSA) is 98.5 Å². The summed E-state index contributed by atoms with van der Waals surface area (Å²) in [5.41, 5.74) is 0.990. The lowest BCUT2D eigenvalue weighted by Crippen LogP contribution is -2.38. The fourth-order valence-electron chi connectivity index (χ4n) is 4.45. The van der Waals surface area contributed by atoms with Gasteiger partial charge in [0.2, 0.25) is 5.91 Å². The number of hydrogen-bond acceptors (Lipinski definition) is 5. The molecule has 2 amide bonds. The van der Waals surface area contributed by atoms with Gasteiger partial charge in [-0.05, 0) is 43.9 Å². The van der Waals surface area contributed by atoms with Crippen molar-refractivity contribution in [1.29, 1.82) is 0 Å². The number of ether oxygens (including phenoxy) is 1. The van der Waals surface area contributed by atoms with E-state index >= 15 is 0 Å². The van der Waals surface area contributed by atoms with E-state index in [1.54, 1.807) is 44.4 Å². The maximum Gasteiger partial charge on any atom is 0.274 e. The number of aryl methyl sites for hydroxylation is 1. The first-order valence-electron chi connectivity index (χ1n) is 11.1. The van der Waals surface area contributed by atoms with Crippen LogP contribution in [0, 0.1) is 0 Å². The molecular weight excluding hydrogens is 422 g/mol. The molecule has 0 bridgehead atoms. The number of carbonyl (C=O) groups excluding carboxylic acids is 2. The lowest BCUT2D eigenvalue weighted by molar-refractivity contribution is -0.130. The van der Waals surface area contributed by atoms with Crippen LogP contribution in [0.2, 0.25) is 0 Å². The van der Waals surface area contributed by atoms with Crippen LogP contribution >= 0.6 is 0 Å². The van der Waals surface area contributed by atoms with E-state index in [4.69, 9.17) is 9.84 Å². The van der Waals surface area contributed by atoms with Gasteiger partial charge in [-0.1, -0.05) is 0 Å². The molecule has 1 fully saturated rings. The van der Waals surface area contributed by atoms with E-state index in [2.05, 4.69) is 5.32 Å². The zero-order valence-corrected chi connectivity index (χ0v) is 19.4. The van der Waals surface area contributed by atoms with Crippen LogP contribution in [-0.2, 0) is 11.8 Å². The maximum atomic E-state index is 13.0. The zero-order chi connectivity index (χ0) is 23.7. The van der Waals surface area contributed by atoms with Crippen LogP contribution in [0.4, 0.5) is 5.69 Å². The summed E-state index contributed by atoms with van der Waals surface area (Å²) in [4.78, 5) is 38.7. The largest absolute Gasteiger partial charge is 0.496 e. The molecule has 1 saturated carbocycles. The van der Waals surface area contributed by atoms with Gasteiger partial charge in [-0.15, -0.1) is 0 Å². The molecule has 0 radical (unpaired) electrons. The molecule has 0 spiro atoms. The molecule has 2 aromatic heterocycles. The summed E-state index contributed by atoms with van der Waals surface area (Å²) < 4.78 is 8.82. The van der Waals surface area contributed by atoms with Crippen molar-refractivity contribution in [2.24, 2.45) is 7.05 Å². The highest BCUT2D eigenvalue weighted by molar-refractivity contribution is 6.08. The number of fused-ring (bicyclic) bond motifs is 1. The monoisotopic (exact) mass is 451 g/mol. The summed E-state index contributed by atoms with van der Waals surface area (Å²) in [6.07, 6.45) is 7.30. The van der Waals surface area contributed by atoms with Gasteiger partial charge in [0.1, 0.15) is 11.4 Å². The van der Waals surface area contributed by atoms with Gasteiger partial charge in [0.05, 0.1) is 24.2 Å². The Bertz CT molecular complexity index is 1250. The number of aromatic nitrogens is 3. The molecule has 2 heterocycles. The molecule has 1 aliphatic rings. The van der Waals surface area contributed by atoms with Gasteiger partial charge in [-0.2, -0.15) is 5.10 Å². The average molecular weight is 452 g/mol. The van der Waals surface area contributed by atoms with Crippen LogP contribution in [0.1, 0.15) is 49.0 Å². The molecule has 174 valence electrons. The third-order valence-corrected chi connectivity index (χ3v) is 6.54. The molecule has 0 atom stereocenters. The number of rotatable bonds is 5. The predicted octanol–water partition coefficient (Wildman–Crippen LogP) is 2.96. The highest BCUT2D eigenvalue weighted by Gasteiger charge is 2.27. The fourth-order valence-corrected chi connectivity index (χ4v) is 4.45. The van der Waals surface area contributed by atoms with Crippen LogP contribution in [0.5, 0.6) is 5.75 Å². The Morgan fingerprint density at radius 1 is 1.21 bits per heavy atom. The van der Waals surface area contributed by atoms with Crippen molar-refractivity contribution in [2.75, 3.05) is 19.5 Å². The predicted molar refractivity (Wildman–Crippen MR) is 126 cm³/mol. The fraction of sp³-hybridized carbons (Fsp3) is 0.417. The van der Waals surface area contributed by atoms with E-state index in [1.807, 2.05) is 22.8 Å². The van der Waals surface area contributed by atoms with Crippen molar-refractivity contribution in [2.45, 2.75) is 44.7 Å². The second kappa shape index (κ2) is 9.09. The minimum Gasteiger partial charge on any atom is -0.496 e. The maximum absolute atomic E-state index is 13.0. The molecule has 1 aromatic carbocycles. The van der Waals surface area contributed by atoms with Gasteiger partial charge in [0.25, 0.3) is 11.5 Å². The third kappa shape index (κ3) is 4.48. The summed E-state index contributed by atoms with van der Waals surface area (Å²) >= 11 is 0. The van der Waals surface area contributed by atoms with Gasteiger partial charge in [0.15, 0.2) is 0 Å². The number of pyridine rings is 1. The van der Waals surface area contributed by atoms with Crippen LogP contribution < -0.4 is 15.6 Å². The van der Waals surface area contributed by atoms with Crippen LogP contribution in [0.3, 0.4) is 0 Å². The Labute approximate surface area is 191 Å². The Hall–Kier alpha value is -3.62. The molecule has 9 nitrogen and oxygen atoms in total. The summed E-state index contributed by atoms with van der Waals surface area (Å²) in [5, 5.41) is 8.24.